The van der Waals surface area contributed by atoms with Crippen LogP contribution in [-0.4, -0.2) is 21.9 Å². The largest absolute Gasteiger partial charge is 0.504 e. The Kier molecular flexibility index (Phi) is 4.63. The third-order valence-corrected chi connectivity index (χ3v) is 3.13. The summed E-state index contributed by atoms with van der Waals surface area (Å²) in [6.45, 7) is 7.80. The number of hydrogen-bond acceptors (Lipinski definition) is 4. The van der Waals surface area contributed by atoms with Crippen molar-refractivity contribution in [3.05, 3.63) is 17.7 Å². The van der Waals surface area contributed by atoms with Crippen LogP contribution in [0.25, 0.3) is 0 Å². The molecule has 1 aromatic carbocycles. The van der Waals surface area contributed by atoms with E-state index in [-0.39, 0.29) is 11.5 Å². The second-order valence-electron chi connectivity index (χ2n) is 4.79. The van der Waals surface area contributed by atoms with E-state index < -0.39 is 5.75 Å². The van der Waals surface area contributed by atoms with Crippen molar-refractivity contribution < 1.29 is 15.3 Å². The molecule has 1 aromatic rings. The predicted molar refractivity (Wildman–Crippen MR) is 67.1 cm³/mol. The minimum Gasteiger partial charge on any atom is -0.504 e. The Labute approximate surface area is 102 Å². The van der Waals surface area contributed by atoms with Crippen LogP contribution in [0.15, 0.2) is 12.1 Å². The summed E-state index contributed by atoms with van der Waals surface area (Å²) in [7, 11) is 0. The van der Waals surface area contributed by atoms with Crippen molar-refractivity contribution in [1.82, 2.24) is 5.32 Å². The molecule has 4 nitrogen and oxygen atoms in total. The zero-order chi connectivity index (χ0) is 13.0. The second-order valence-corrected chi connectivity index (χ2v) is 4.79. The third kappa shape index (κ3) is 3.53. The van der Waals surface area contributed by atoms with Crippen LogP contribution in [0.4, 0.5) is 0 Å². The summed E-state index contributed by atoms with van der Waals surface area (Å²) in [5.41, 5.74) is 0.580. The summed E-state index contributed by atoms with van der Waals surface area (Å²) in [4.78, 5) is 0. The van der Waals surface area contributed by atoms with Gasteiger partial charge in [-0.05, 0) is 24.4 Å². The normalized spacial score (nSPS) is 12.9. The second kappa shape index (κ2) is 5.77. The number of aromatic hydroxyl groups is 3. The number of rotatable bonds is 5. The molecule has 0 saturated heterocycles. The van der Waals surface area contributed by atoms with Gasteiger partial charge in [0.2, 0.25) is 5.75 Å². The van der Waals surface area contributed by atoms with Crippen LogP contribution in [0.1, 0.15) is 26.3 Å². The van der Waals surface area contributed by atoms with Crippen molar-refractivity contribution in [1.29, 1.82) is 0 Å². The molecular formula is C13H21NO3. The zero-order valence-electron chi connectivity index (χ0n) is 10.6. The Balaban J connectivity index is 2.56. The summed E-state index contributed by atoms with van der Waals surface area (Å²) in [6.07, 6.45) is 0. The molecule has 0 saturated carbocycles. The average molecular weight is 239 g/mol. The Morgan fingerprint density at radius 1 is 1.06 bits per heavy atom. The first kappa shape index (κ1) is 13.6. The molecule has 1 rings (SSSR count). The summed E-state index contributed by atoms with van der Waals surface area (Å²) < 4.78 is 0. The minimum atomic E-state index is -0.457. The molecule has 0 aliphatic heterocycles. The van der Waals surface area contributed by atoms with E-state index in [1.165, 1.54) is 6.07 Å². The maximum absolute atomic E-state index is 9.60. The van der Waals surface area contributed by atoms with Crippen LogP contribution in [-0.2, 0) is 6.54 Å². The Hall–Kier alpha value is -1.42. The van der Waals surface area contributed by atoms with Crippen molar-refractivity contribution in [3.8, 4) is 17.2 Å². The highest BCUT2D eigenvalue weighted by atomic mass is 16.3. The van der Waals surface area contributed by atoms with Crippen molar-refractivity contribution >= 4 is 0 Å². The maximum atomic E-state index is 9.60. The molecule has 1 atom stereocenters. The zero-order valence-corrected chi connectivity index (χ0v) is 10.6. The Morgan fingerprint density at radius 2 is 1.71 bits per heavy atom. The van der Waals surface area contributed by atoms with Crippen LogP contribution >= 0.6 is 0 Å². The van der Waals surface area contributed by atoms with Crippen molar-refractivity contribution in [3.63, 3.8) is 0 Å². The SMILES string of the molecule is CC(C)C(C)CNCc1ccc(O)c(O)c1O. The van der Waals surface area contributed by atoms with Gasteiger partial charge in [0, 0.05) is 12.1 Å². The van der Waals surface area contributed by atoms with Gasteiger partial charge in [0.15, 0.2) is 11.5 Å². The molecule has 1 unspecified atom stereocenters. The number of phenolic OH excluding ortho intramolecular Hbond substituents is 3. The van der Waals surface area contributed by atoms with Gasteiger partial charge in [-0.15, -0.1) is 0 Å². The highest BCUT2D eigenvalue weighted by Gasteiger charge is 2.11. The number of phenols is 3. The van der Waals surface area contributed by atoms with Crippen molar-refractivity contribution in [2.45, 2.75) is 27.3 Å². The molecule has 0 amide bonds. The van der Waals surface area contributed by atoms with Gasteiger partial charge in [-0.1, -0.05) is 26.8 Å². The van der Waals surface area contributed by atoms with Crippen LogP contribution in [0.3, 0.4) is 0 Å². The fourth-order valence-corrected chi connectivity index (χ4v) is 1.42. The van der Waals surface area contributed by atoms with E-state index in [1.807, 2.05) is 0 Å². The Bertz CT molecular complexity index is 377. The molecule has 0 bridgehead atoms. The lowest BCUT2D eigenvalue weighted by Crippen LogP contribution is -2.23. The summed E-state index contributed by atoms with van der Waals surface area (Å²) in [6, 6.07) is 2.97. The summed E-state index contributed by atoms with van der Waals surface area (Å²) in [5.74, 6) is 0.130. The van der Waals surface area contributed by atoms with E-state index in [9.17, 15) is 15.3 Å². The molecule has 96 valence electrons. The van der Waals surface area contributed by atoms with E-state index >= 15 is 0 Å². The van der Waals surface area contributed by atoms with E-state index in [2.05, 4.69) is 26.1 Å². The first-order valence-corrected chi connectivity index (χ1v) is 5.87. The smallest absolute Gasteiger partial charge is 0.200 e. The molecule has 0 heterocycles. The first-order valence-electron chi connectivity index (χ1n) is 5.87. The fraction of sp³-hybridized carbons (Fsp3) is 0.538. The Morgan fingerprint density at radius 3 is 2.29 bits per heavy atom. The lowest BCUT2D eigenvalue weighted by Gasteiger charge is -2.16. The third-order valence-electron chi connectivity index (χ3n) is 3.13. The average Bonchev–Trinajstić information content (AvgIpc) is 2.28. The molecular weight excluding hydrogens is 218 g/mol. The first-order chi connectivity index (χ1) is 7.93. The standard InChI is InChI=1S/C13H21NO3/c1-8(2)9(3)6-14-7-10-4-5-11(15)13(17)12(10)16/h4-5,8-9,14-17H,6-7H2,1-3H3. The van der Waals surface area contributed by atoms with Crippen molar-refractivity contribution in [2.24, 2.45) is 11.8 Å². The van der Waals surface area contributed by atoms with Crippen LogP contribution < -0.4 is 5.32 Å². The van der Waals surface area contributed by atoms with E-state index in [1.54, 1.807) is 6.07 Å². The lowest BCUT2D eigenvalue weighted by atomic mass is 9.98. The highest BCUT2D eigenvalue weighted by Crippen LogP contribution is 2.36. The maximum Gasteiger partial charge on any atom is 0.200 e. The number of benzene rings is 1. The van der Waals surface area contributed by atoms with Gasteiger partial charge in [-0.25, -0.2) is 0 Å². The van der Waals surface area contributed by atoms with Crippen molar-refractivity contribution in [2.75, 3.05) is 6.54 Å². The summed E-state index contributed by atoms with van der Waals surface area (Å²) >= 11 is 0. The molecule has 4 heteroatoms. The van der Waals surface area contributed by atoms with Gasteiger partial charge in [0.05, 0.1) is 0 Å². The quantitative estimate of drug-likeness (QED) is 0.594. The van der Waals surface area contributed by atoms with Crippen LogP contribution in [0.2, 0.25) is 0 Å². The van der Waals surface area contributed by atoms with E-state index in [4.69, 9.17) is 0 Å². The molecule has 0 radical (unpaired) electrons. The van der Waals surface area contributed by atoms with Gasteiger partial charge in [0.1, 0.15) is 0 Å². The van der Waals surface area contributed by atoms with Gasteiger partial charge in [-0.2, -0.15) is 0 Å². The number of nitrogens with one attached hydrogen (secondary N) is 1. The molecule has 0 aliphatic rings. The molecule has 0 spiro atoms. The molecule has 0 aromatic heterocycles. The molecule has 4 N–H and O–H groups in total. The fourth-order valence-electron chi connectivity index (χ4n) is 1.42. The topological polar surface area (TPSA) is 72.7 Å². The van der Waals surface area contributed by atoms with Crippen LogP contribution in [0, 0.1) is 11.8 Å². The van der Waals surface area contributed by atoms with Gasteiger partial charge < -0.3 is 20.6 Å². The lowest BCUT2D eigenvalue weighted by molar-refractivity contribution is 0.361. The molecule has 0 fully saturated rings. The van der Waals surface area contributed by atoms with Gasteiger partial charge in [0.25, 0.3) is 0 Å². The molecule has 17 heavy (non-hydrogen) atoms. The van der Waals surface area contributed by atoms with Gasteiger partial charge in [-0.3, -0.25) is 0 Å². The predicted octanol–water partition coefficient (Wildman–Crippen LogP) is 2.19. The van der Waals surface area contributed by atoms with E-state index in [0.29, 0.717) is 23.9 Å². The molecule has 0 aliphatic carbocycles. The summed E-state index contributed by atoms with van der Waals surface area (Å²) in [5, 5.41) is 31.4. The highest BCUT2D eigenvalue weighted by molar-refractivity contribution is 5.52. The van der Waals surface area contributed by atoms with Gasteiger partial charge >= 0.3 is 0 Å². The number of hydrogen-bond donors (Lipinski definition) is 4. The monoisotopic (exact) mass is 239 g/mol. The minimum absolute atomic E-state index is 0.255. The van der Waals surface area contributed by atoms with Crippen LogP contribution in [0.5, 0.6) is 17.2 Å². The van der Waals surface area contributed by atoms with E-state index in [0.717, 1.165) is 6.54 Å².